The molecule has 4 aromatic rings. The van der Waals surface area contributed by atoms with Crippen LogP contribution in [-0.2, 0) is 0 Å². The second-order valence-corrected chi connectivity index (χ2v) is 10.4. The number of pyridine rings is 1. The molecule has 0 spiro atoms. The first-order chi connectivity index (χ1) is 14.8. The minimum absolute atomic E-state index is 0.103. The van der Waals surface area contributed by atoms with Crippen molar-refractivity contribution in [2.75, 3.05) is 20.6 Å². The van der Waals surface area contributed by atoms with E-state index in [-0.39, 0.29) is 18.0 Å². The van der Waals surface area contributed by atoms with Crippen molar-refractivity contribution < 1.29 is 4.79 Å². The third-order valence-corrected chi connectivity index (χ3v) is 7.24. The first kappa shape index (κ1) is 21.7. The van der Waals surface area contributed by atoms with E-state index in [0.29, 0.717) is 12.1 Å². The maximum absolute atomic E-state index is 13.3. The molecule has 0 aliphatic heterocycles. The lowest BCUT2D eigenvalue weighted by Gasteiger charge is -2.23. The normalized spacial score (nSPS) is 12.7. The summed E-state index contributed by atoms with van der Waals surface area (Å²) in [6.07, 6.45) is 1.75. The lowest BCUT2D eigenvalue weighted by atomic mass is 10.1. The number of aryl methyl sites for hydroxylation is 1. The Balaban J connectivity index is 1.70. The Morgan fingerprint density at radius 1 is 1.26 bits per heavy atom. The maximum Gasteiger partial charge on any atom is 0.252 e. The molecule has 0 fully saturated rings. The van der Waals surface area contributed by atoms with Crippen LogP contribution in [0.5, 0.6) is 0 Å². The Bertz CT molecular complexity index is 1190. The van der Waals surface area contributed by atoms with Gasteiger partial charge in [-0.05, 0) is 64.5 Å². The molecular weight excluding hydrogens is 426 g/mol. The molecule has 4 heterocycles. The molecule has 1 amide bonds. The van der Waals surface area contributed by atoms with Gasteiger partial charge in [0.2, 0.25) is 0 Å². The van der Waals surface area contributed by atoms with E-state index >= 15 is 0 Å². The van der Waals surface area contributed by atoms with Crippen molar-refractivity contribution in [2.45, 2.75) is 32.9 Å². The van der Waals surface area contributed by atoms with Crippen LogP contribution < -0.4 is 5.32 Å². The molecule has 0 bridgehead atoms. The minimum Gasteiger partial charge on any atom is -0.350 e. The van der Waals surface area contributed by atoms with Crippen LogP contribution in [0.3, 0.4) is 0 Å². The summed E-state index contributed by atoms with van der Waals surface area (Å²) < 4.78 is 1.88. The molecule has 0 aliphatic carbocycles. The van der Waals surface area contributed by atoms with Gasteiger partial charge in [-0.15, -0.1) is 22.7 Å². The zero-order valence-corrected chi connectivity index (χ0v) is 20.0. The topological polar surface area (TPSA) is 63.1 Å². The van der Waals surface area contributed by atoms with E-state index in [9.17, 15) is 4.79 Å². The fourth-order valence-corrected chi connectivity index (χ4v) is 5.34. The Hall–Kier alpha value is -2.55. The van der Waals surface area contributed by atoms with Crippen LogP contribution in [0.4, 0.5) is 0 Å². The van der Waals surface area contributed by atoms with Crippen LogP contribution >= 0.6 is 22.7 Å². The van der Waals surface area contributed by atoms with E-state index in [0.717, 1.165) is 21.6 Å². The van der Waals surface area contributed by atoms with Crippen molar-refractivity contribution in [3.63, 3.8) is 0 Å². The summed E-state index contributed by atoms with van der Waals surface area (Å²) in [5, 5.41) is 10.5. The highest BCUT2D eigenvalue weighted by Gasteiger charge is 2.21. The van der Waals surface area contributed by atoms with Crippen molar-refractivity contribution in [3.05, 3.63) is 57.2 Å². The first-order valence-electron chi connectivity index (χ1n) is 10.3. The summed E-state index contributed by atoms with van der Waals surface area (Å²) >= 11 is 3.38. The zero-order chi connectivity index (χ0) is 22.1. The molecule has 6 nitrogen and oxygen atoms in total. The van der Waals surface area contributed by atoms with Gasteiger partial charge in [-0.25, -0.2) is 9.67 Å². The van der Waals surface area contributed by atoms with Gasteiger partial charge in [0.05, 0.1) is 33.8 Å². The number of amides is 1. The monoisotopic (exact) mass is 453 g/mol. The lowest BCUT2D eigenvalue weighted by Crippen LogP contribution is -2.34. The number of likely N-dealkylation sites (N-methyl/N-ethyl adjacent to an activating group) is 1. The third kappa shape index (κ3) is 4.42. The molecule has 8 heteroatoms. The van der Waals surface area contributed by atoms with E-state index in [1.165, 1.54) is 9.75 Å². The number of carbonyl (C=O) groups is 1. The highest BCUT2D eigenvalue weighted by atomic mass is 32.1. The summed E-state index contributed by atoms with van der Waals surface area (Å²) in [5.41, 5.74) is 2.16. The van der Waals surface area contributed by atoms with Gasteiger partial charge in [-0.3, -0.25) is 4.79 Å². The Morgan fingerprint density at radius 3 is 2.68 bits per heavy atom. The maximum atomic E-state index is 13.3. The summed E-state index contributed by atoms with van der Waals surface area (Å²) in [5.74, 6) is -0.103. The van der Waals surface area contributed by atoms with Gasteiger partial charge in [0.15, 0.2) is 5.65 Å². The van der Waals surface area contributed by atoms with Crippen molar-refractivity contribution in [2.24, 2.45) is 0 Å². The SMILES string of the molecule is Cc1ccc(-c2cc(C(=O)NCC(c3cccs3)N(C)C)c3cnn(C(C)C)c3n2)s1. The first-order valence-corrected chi connectivity index (χ1v) is 12.0. The Morgan fingerprint density at radius 2 is 2.06 bits per heavy atom. The zero-order valence-electron chi connectivity index (χ0n) is 18.4. The molecular formula is C23H27N5OS2. The van der Waals surface area contributed by atoms with Crippen LogP contribution in [0.2, 0.25) is 0 Å². The third-order valence-electron chi connectivity index (χ3n) is 5.24. The van der Waals surface area contributed by atoms with Crippen molar-refractivity contribution in [1.82, 2.24) is 25.0 Å². The van der Waals surface area contributed by atoms with Crippen LogP contribution in [0.1, 0.15) is 46.0 Å². The van der Waals surface area contributed by atoms with Crippen molar-refractivity contribution in [1.29, 1.82) is 0 Å². The highest BCUT2D eigenvalue weighted by Crippen LogP contribution is 2.31. The van der Waals surface area contributed by atoms with E-state index in [4.69, 9.17) is 4.98 Å². The minimum atomic E-state index is -0.103. The van der Waals surface area contributed by atoms with Gasteiger partial charge in [0.25, 0.3) is 5.91 Å². The number of hydrogen-bond donors (Lipinski definition) is 1. The molecule has 0 aliphatic rings. The van der Waals surface area contributed by atoms with Gasteiger partial charge < -0.3 is 10.2 Å². The van der Waals surface area contributed by atoms with E-state index in [1.54, 1.807) is 28.9 Å². The molecule has 0 saturated heterocycles. The van der Waals surface area contributed by atoms with Crippen molar-refractivity contribution in [3.8, 4) is 10.6 Å². The van der Waals surface area contributed by atoms with Crippen LogP contribution in [-0.4, -0.2) is 46.2 Å². The number of carbonyl (C=O) groups excluding carboxylic acids is 1. The van der Waals surface area contributed by atoms with Gasteiger partial charge in [0.1, 0.15) is 0 Å². The molecule has 1 atom stereocenters. The molecule has 0 saturated carbocycles. The smallest absolute Gasteiger partial charge is 0.252 e. The summed E-state index contributed by atoms with van der Waals surface area (Å²) in [4.78, 5) is 23.8. The molecule has 0 aromatic carbocycles. The van der Waals surface area contributed by atoms with E-state index in [1.807, 2.05) is 30.9 Å². The number of nitrogens with zero attached hydrogens (tertiary/aromatic N) is 4. The standard InChI is InChI=1S/C23H27N5OS2/c1-14(2)28-22-17(12-25-28)16(11-18(26-22)20-9-8-15(3)31-20)23(29)24-13-19(27(4)5)21-7-6-10-30-21/h6-12,14,19H,13H2,1-5H3,(H,24,29). The average Bonchev–Trinajstić information content (AvgIpc) is 3.47. The summed E-state index contributed by atoms with van der Waals surface area (Å²) in [6.45, 7) is 6.74. The molecule has 4 rings (SSSR count). The summed E-state index contributed by atoms with van der Waals surface area (Å²) in [7, 11) is 4.07. The average molecular weight is 454 g/mol. The molecule has 162 valence electrons. The number of fused-ring (bicyclic) bond motifs is 1. The fraction of sp³-hybridized carbons (Fsp3) is 0.348. The summed E-state index contributed by atoms with van der Waals surface area (Å²) in [6, 6.07) is 10.5. The van der Waals surface area contributed by atoms with Crippen LogP contribution in [0.15, 0.2) is 41.9 Å². The Kier molecular flexibility index (Phi) is 6.22. The lowest BCUT2D eigenvalue weighted by molar-refractivity contribution is 0.0944. The number of hydrogen-bond acceptors (Lipinski definition) is 6. The van der Waals surface area contributed by atoms with Gasteiger partial charge in [-0.2, -0.15) is 5.10 Å². The molecule has 31 heavy (non-hydrogen) atoms. The van der Waals surface area contributed by atoms with Gasteiger partial charge in [0, 0.05) is 22.3 Å². The molecule has 1 unspecified atom stereocenters. The fourth-order valence-electron chi connectivity index (χ4n) is 3.59. The second kappa shape index (κ2) is 8.90. The second-order valence-electron chi connectivity index (χ2n) is 8.09. The quantitative estimate of drug-likeness (QED) is 0.421. The number of aromatic nitrogens is 3. The van der Waals surface area contributed by atoms with Crippen LogP contribution in [0.25, 0.3) is 21.6 Å². The van der Waals surface area contributed by atoms with E-state index < -0.39 is 0 Å². The van der Waals surface area contributed by atoms with E-state index in [2.05, 4.69) is 59.7 Å². The van der Waals surface area contributed by atoms with Gasteiger partial charge in [-0.1, -0.05) is 6.07 Å². The predicted octanol–water partition coefficient (Wildman–Crippen LogP) is 5.14. The number of thiophene rings is 2. The molecule has 4 aromatic heterocycles. The Labute approximate surface area is 190 Å². The number of rotatable bonds is 7. The molecule has 0 radical (unpaired) electrons. The number of nitrogens with one attached hydrogen (secondary N) is 1. The predicted molar refractivity (Wildman–Crippen MR) is 129 cm³/mol. The highest BCUT2D eigenvalue weighted by molar-refractivity contribution is 7.15. The molecule has 1 N–H and O–H groups in total. The van der Waals surface area contributed by atoms with Crippen LogP contribution in [0, 0.1) is 6.92 Å². The van der Waals surface area contributed by atoms with Gasteiger partial charge >= 0.3 is 0 Å². The largest absolute Gasteiger partial charge is 0.350 e. The van der Waals surface area contributed by atoms with Crippen molar-refractivity contribution >= 4 is 39.6 Å².